The molecule has 10 nitrogen and oxygen atoms in total. The zero-order chi connectivity index (χ0) is 24.3. The molecule has 2 heterocycles. The van der Waals surface area contributed by atoms with Crippen LogP contribution in [0.15, 0.2) is 0 Å². The fraction of sp³-hybridized carbons (Fsp3) is 0.895. The van der Waals surface area contributed by atoms with E-state index in [1.807, 2.05) is 0 Å². The highest BCUT2D eigenvalue weighted by atomic mass is 32.2. The van der Waals surface area contributed by atoms with Crippen LogP contribution in [0, 0.1) is 0 Å². The summed E-state index contributed by atoms with van der Waals surface area (Å²) in [5, 5.41) is 10.6. The average molecular weight is 502 g/mol. The van der Waals surface area contributed by atoms with Crippen LogP contribution >= 0.6 is 0 Å². The highest BCUT2D eigenvalue weighted by Crippen LogP contribution is 2.31. The number of ether oxygens (including phenoxy) is 3. The van der Waals surface area contributed by atoms with Gasteiger partial charge in [-0.15, -0.1) is 5.10 Å². The van der Waals surface area contributed by atoms with Crippen molar-refractivity contribution in [1.82, 2.24) is 25.2 Å². The molecule has 192 valence electrons. The summed E-state index contributed by atoms with van der Waals surface area (Å²) in [6.45, 7) is 7.05. The van der Waals surface area contributed by atoms with Crippen molar-refractivity contribution < 1.29 is 35.8 Å². The minimum absolute atomic E-state index is 0.0224. The van der Waals surface area contributed by atoms with Gasteiger partial charge in [-0.25, -0.2) is 13.1 Å². The number of hydrogen-bond acceptors (Lipinski definition) is 9. The SMILES string of the molecule is CC(C)NCCOCCOCCOCCn1nnc(CN2CCS(=O)(=O)CC2)c1C(F)(F)F. The van der Waals surface area contributed by atoms with E-state index < -0.39 is 21.7 Å². The molecule has 1 fully saturated rings. The number of hydrogen-bond donors (Lipinski definition) is 1. The highest BCUT2D eigenvalue weighted by molar-refractivity contribution is 7.91. The maximum Gasteiger partial charge on any atom is 0.434 e. The summed E-state index contributed by atoms with van der Waals surface area (Å²) in [5.41, 5.74) is -1.14. The Bertz CT molecular complexity index is 790. The van der Waals surface area contributed by atoms with Gasteiger partial charge in [0.15, 0.2) is 15.5 Å². The molecule has 1 aromatic rings. The summed E-state index contributed by atoms with van der Waals surface area (Å²) in [6, 6.07) is 0.411. The molecule has 0 aliphatic carbocycles. The molecule has 0 radical (unpaired) electrons. The highest BCUT2D eigenvalue weighted by Gasteiger charge is 2.39. The summed E-state index contributed by atoms with van der Waals surface area (Å²) in [4.78, 5) is 1.64. The minimum Gasteiger partial charge on any atom is -0.378 e. The lowest BCUT2D eigenvalue weighted by atomic mass is 10.2. The third kappa shape index (κ3) is 10.6. The predicted molar refractivity (Wildman–Crippen MR) is 115 cm³/mol. The van der Waals surface area contributed by atoms with E-state index in [9.17, 15) is 21.6 Å². The Labute approximate surface area is 192 Å². The fourth-order valence-corrected chi connectivity index (χ4v) is 4.43. The normalized spacial score (nSPS) is 17.2. The lowest BCUT2D eigenvalue weighted by molar-refractivity contribution is -0.145. The Morgan fingerprint density at radius 1 is 1.00 bits per heavy atom. The second-order valence-corrected chi connectivity index (χ2v) is 10.3. The van der Waals surface area contributed by atoms with Crippen molar-refractivity contribution in [3.05, 3.63) is 11.4 Å². The quantitative estimate of drug-likeness (QED) is 0.345. The van der Waals surface area contributed by atoms with Crippen LogP contribution in [0.2, 0.25) is 0 Å². The topological polar surface area (TPSA) is 108 Å². The van der Waals surface area contributed by atoms with E-state index in [0.717, 1.165) is 11.2 Å². The van der Waals surface area contributed by atoms with Gasteiger partial charge in [0, 0.05) is 32.2 Å². The summed E-state index contributed by atoms with van der Waals surface area (Å²) in [6.07, 6.45) is -4.63. The standard InChI is InChI=1S/C19H34F3N5O5S/c1-16(2)23-3-7-30-9-11-32-12-10-31-8-4-27-18(19(20,21)22)17(24-25-27)15-26-5-13-33(28,29)14-6-26/h16,23H,3-15H2,1-2H3. The van der Waals surface area contributed by atoms with Crippen LogP contribution in [0.1, 0.15) is 25.2 Å². The molecule has 2 rings (SSSR count). The maximum absolute atomic E-state index is 13.6. The number of halogens is 3. The second-order valence-electron chi connectivity index (χ2n) is 7.98. The third-order valence-electron chi connectivity index (χ3n) is 4.87. The molecule has 1 aliphatic rings. The van der Waals surface area contributed by atoms with E-state index in [0.29, 0.717) is 32.5 Å². The molecule has 1 aromatic heterocycles. The van der Waals surface area contributed by atoms with Gasteiger partial charge in [-0.05, 0) is 0 Å². The van der Waals surface area contributed by atoms with Crippen molar-refractivity contribution >= 4 is 9.84 Å². The Morgan fingerprint density at radius 2 is 1.58 bits per heavy atom. The van der Waals surface area contributed by atoms with Crippen LogP contribution in [-0.4, -0.2) is 105 Å². The van der Waals surface area contributed by atoms with E-state index in [4.69, 9.17) is 14.2 Å². The molecule has 0 saturated carbocycles. The van der Waals surface area contributed by atoms with Crippen LogP contribution in [0.25, 0.3) is 0 Å². The summed E-state index contributed by atoms with van der Waals surface area (Å²) >= 11 is 0. The smallest absolute Gasteiger partial charge is 0.378 e. The Balaban J connectivity index is 1.67. The van der Waals surface area contributed by atoms with Crippen LogP contribution < -0.4 is 5.32 Å². The van der Waals surface area contributed by atoms with Crippen LogP contribution in [0.4, 0.5) is 13.2 Å². The molecule has 0 spiro atoms. The predicted octanol–water partition coefficient (Wildman–Crippen LogP) is 0.575. The molecule has 0 atom stereocenters. The summed E-state index contributed by atoms with van der Waals surface area (Å²) in [7, 11) is -3.11. The third-order valence-corrected chi connectivity index (χ3v) is 6.48. The van der Waals surface area contributed by atoms with Gasteiger partial charge in [0.1, 0.15) is 5.69 Å². The van der Waals surface area contributed by atoms with Crippen molar-refractivity contribution in [2.24, 2.45) is 0 Å². The lowest BCUT2D eigenvalue weighted by Gasteiger charge is -2.26. The van der Waals surface area contributed by atoms with Gasteiger partial charge in [-0.3, -0.25) is 4.90 Å². The number of nitrogens with one attached hydrogen (secondary N) is 1. The second kappa shape index (κ2) is 13.5. The first-order chi connectivity index (χ1) is 15.6. The summed E-state index contributed by atoms with van der Waals surface area (Å²) < 4.78 is 80.7. The monoisotopic (exact) mass is 501 g/mol. The molecule has 1 N–H and O–H groups in total. The zero-order valence-corrected chi connectivity index (χ0v) is 20.0. The zero-order valence-electron chi connectivity index (χ0n) is 19.1. The van der Waals surface area contributed by atoms with E-state index in [1.165, 1.54) is 0 Å². The molecule has 0 aromatic carbocycles. The number of alkyl halides is 3. The van der Waals surface area contributed by atoms with Gasteiger partial charge < -0.3 is 19.5 Å². The molecule has 1 saturated heterocycles. The van der Waals surface area contributed by atoms with Crippen LogP contribution in [0.5, 0.6) is 0 Å². The van der Waals surface area contributed by atoms with Crippen molar-refractivity contribution in [2.45, 2.75) is 39.2 Å². The Hall–Kier alpha value is -1.32. The molecule has 0 bridgehead atoms. The maximum atomic E-state index is 13.6. The number of nitrogens with zero attached hydrogens (tertiary/aromatic N) is 4. The van der Waals surface area contributed by atoms with E-state index in [2.05, 4.69) is 29.5 Å². The first kappa shape index (κ1) is 27.9. The van der Waals surface area contributed by atoms with Gasteiger partial charge in [0.05, 0.1) is 57.7 Å². The largest absolute Gasteiger partial charge is 0.434 e. The molecular formula is C19H34F3N5O5S. The van der Waals surface area contributed by atoms with Gasteiger partial charge in [-0.2, -0.15) is 13.2 Å². The number of aromatic nitrogens is 3. The van der Waals surface area contributed by atoms with Gasteiger partial charge >= 0.3 is 6.18 Å². The van der Waals surface area contributed by atoms with E-state index in [-0.39, 0.29) is 56.6 Å². The Morgan fingerprint density at radius 3 is 2.15 bits per heavy atom. The molecular weight excluding hydrogens is 467 g/mol. The molecule has 0 amide bonds. The van der Waals surface area contributed by atoms with Gasteiger partial charge in [0.2, 0.25) is 0 Å². The first-order valence-electron chi connectivity index (χ1n) is 11.0. The first-order valence-corrected chi connectivity index (χ1v) is 12.8. The van der Waals surface area contributed by atoms with Crippen LogP contribution in [-0.2, 0) is 43.3 Å². The lowest BCUT2D eigenvalue weighted by Crippen LogP contribution is -2.40. The van der Waals surface area contributed by atoms with Crippen LogP contribution in [0.3, 0.4) is 0 Å². The fourth-order valence-electron chi connectivity index (χ4n) is 3.15. The van der Waals surface area contributed by atoms with Crippen molar-refractivity contribution in [2.75, 3.05) is 70.8 Å². The minimum atomic E-state index is -4.63. The molecule has 33 heavy (non-hydrogen) atoms. The van der Waals surface area contributed by atoms with Crippen molar-refractivity contribution in [3.8, 4) is 0 Å². The van der Waals surface area contributed by atoms with Gasteiger partial charge in [-0.1, -0.05) is 19.1 Å². The Kier molecular flexibility index (Phi) is 11.5. The summed E-state index contributed by atoms with van der Waals surface area (Å²) in [5.74, 6) is -0.139. The number of sulfone groups is 1. The van der Waals surface area contributed by atoms with Crippen molar-refractivity contribution in [3.63, 3.8) is 0 Å². The molecule has 14 heteroatoms. The van der Waals surface area contributed by atoms with E-state index >= 15 is 0 Å². The van der Waals surface area contributed by atoms with Gasteiger partial charge in [0.25, 0.3) is 0 Å². The molecule has 0 unspecified atom stereocenters. The average Bonchev–Trinajstić information content (AvgIpc) is 3.13. The van der Waals surface area contributed by atoms with E-state index in [1.54, 1.807) is 4.90 Å². The number of rotatable bonds is 15. The molecule has 1 aliphatic heterocycles. The van der Waals surface area contributed by atoms with Crippen molar-refractivity contribution in [1.29, 1.82) is 0 Å².